The number of hydrogen-bond acceptors (Lipinski definition) is 3. The molecule has 4 nitrogen and oxygen atoms in total. The molecular formula is C15H16N2O2. The second kappa shape index (κ2) is 4.88. The minimum absolute atomic E-state index is 0.226. The van der Waals surface area contributed by atoms with Gasteiger partial charge in [-0.05, 0) is 36.6 Å². The highest BCUT2D eigenvalue weighted by Crippen LogP contribution is 2.25. The number of rotatable bonds is 3. The van der Waals surface area contributed by atoms with Crippen LogP contribution in [0.25, 0.3) is 0 Å². The zero-order chi connectivity index (χ0) is 13.2. The van der Waals surface area contributed by atoms with Crippen LogP contribution in [0.1, 0.15) is 34.5 Å². The molecule has 0 saturated carbocycles. The zero-order valence-corrected chi connectivity index (χ0v) is 10.9. The van der Waals surface area contributed by atoms with Crippen LogP contribution in [0.2, 0.25) is 0 Å². The Hall–Kier alpha value is -2.10. The van der Waals surface area contributed by atoms with Gasteiger partial charge in [-0.2, -0.15) is 5.10 Å². The first-order chi connectivity index (χ1) is 9.22. The number of Topliss-reactive ketones (excluding diaryl/α,β-unsaturated/α-hetero) is 1. The number of benzene rings is 1. The molecule has 0 atom stereocenters. The number of aromatic nitrogens is 2. The molecule has 1 aromatic carbocycles. The average Bonchev–Trinajstić information content (AvgIpc) is 2.83. The van der Waals surface area contributed by atoms with Gasteiger partial charge in [0, 0.05) is 25.2 Å². The minimum atomic E-state index is 0.226. The summed E-state index contributed by atoms with van der Waals surface area (Å²) in [7, 11) is 1.88. The van der Waals surface area contributed by atoms with Gasteiger partial charge < -0.3 is 4.74 Å². The van der Waals surface area contributed by atoms with Crippen molar-refractivity contribution in [2.75, 3.05) is 0 Å². The number of nitrogens with zero attached hydrogens (tertiary/aromatic N) is 2. The van der Waals surface area contributed by atoms with Gasteiger partial charge in [0.05, 0.1) is 5.69 Å². The summed E-state index contributed by atoms with van der Waals surface area (Å²) in [6.45, 7) is 0.424. The number of ketones is 1. The Morgan fingerprint density at radius 1 is 1.32 bits per heavy atom. The Labute approximate surface area is 112 Å². The van der Waals surface area contributed by atoms with Crippen molar-refractivity contribution in [2.24, 2.45) is 7.05 Å². The van der Waals surface area contributed by atoms with Crippen molar-refractivity contribution >= 4 is 5.78 Å². The van der Waals surface area contributed by atoms with E-state index in [4.69, 9.17) is 4.74 Å². The monoisotopic (exact) mass is 256 g/mol. The van der Waals surface area contributed by atoms with E-state index in [0.717, 1.165) is 35.4 Å². The van der Waals surface area contributed by atoms with E-state index in [1.54, 1.807) is 4.68 Å². The summed E-state index contributed by atoms with van der Waals surface area (Å²) in [6, 6.07) is 7.71. The molecule has 2 aromatic rings. The summed E-state index contributed by atoms with van der Waals surface area (Å²) in [5.74, 6) is 0.962. The molecule has 19 heavy (non-hydrogen) atoms. The molecule has 1 aliphatic carbocycles. The summed E-state index contributed by atoms with van der Waals surface area (Å²) in [4.78, 5) is 11.8. The van der Waals surface area contributed by atoms with Gasteiger partial charge >= 0.3 is 0 Å². The number of aryl methyl sites for hydroxylation is 2. The molecular weight excluding hydrogens is 240 g/mol. The van der Waals surface area contributed by atoms with Crippen molar-refractivity contribution in [2.45, 2.75) is 25.9 Å². The Bertz CT molecular complexity index is 616. The van der Waals surface area contributed by atoms with E-state index in [1.165, 1.54) is 0 Å². The van der Waals surface area contributed by atoms with Gasteiger partial charge in [-0.25, -0.2) is 0 Å². The molecule has 1 heterocycles. The second-order valence-corrected chi connectivity index (χ2v) is 4.87. The summed E-state index contributed by atoms with van der Waals surface area (Å²) in [5, 5.41) is 4.25. The van der Waals surface area contributed by atoms with Crippen LogP contribution in [-0.2, 0) is 20.1 Å². The molecule has 0 bridgehead atoms. The lowest BCUT2D eigenvalue weighted by atomic mass is 9.90. The molecule has 0 saturated heterocycles. The van der Waals surface area contributed by atoms with Crippen molar-refractivity contribution in [1.82, 2.24) is 9.78 Å². The summed E-state index contributed by atoms with van der Waals surface area (Å²) in [6.07, 6.45) is 4.48. The number of carbonyl (C=O) groups excluding carboxylic acids is 1. The Balaban J connectivity index is 1.75. The van der Waals surface area contributed by atoms with Crippen LogP contribution in [0.15, 0.2) is 30.5 Å². The minimum Gasteiger partial charge on any atom is -0.487 e. The molecule has 98 valence electrons. The SMILES string of the molecule is Cn1ccc(COc2ccc3c(c2)C(=O)CCC3)n1. The normalized spacial score (nSPS) is 14.3. The van der Waals surface area contributed by atoms with Gasteiger partial charge in [0.25, 0.3) is 0 Å². The second-order valence-electron chi connectivity index (χ2n) is 4.87. The quantitative estimate of drug-likeness (QED) is 0.847. The Kier molecular flexibility index (Phi) is 3.07. The molecule has 0 N–H and O–H groups in total. The lowest BCUT2D eigenvalue weighted by molar-refractivity contribution is 0.0972. The summed E-state index contributed by atoms with van der Waals surface area (Å²) < 4.78 is 7.44. The fourth-order valence-electron chi connectivity index (χ4n) is 2.39. The number of fused-ring (bicyclic) bond motifs is 1. The third-order valence-corrected chi connectivity index (χ3v) is 3.39. The molecule has 3 rings (SSSR count). The predicted octanol–water partition coefficient (Wildman–Crippen LogP) is 2.52. The lowest BCUT2D eigenvalue weighted by Gasteiger charge is -2.15. The standard InChI is InChI=1S/C15H16N2O2/c1-17-8-7-12(16-17)10-19-13-6-5-11-3-2-4-15(18)14(11)9-13/h5-9H,2-4,10H2,1H3. The van der Waals surface area contributed by atoms with Gasteiger partial charge in [0.1, 0.15) is 12.4 Å². The third-order valence-electron chi connectivity index (χ3n) is 3.39. The van der Waals surface area contributed by atoms with Crippen LogP contribution in [0.5, 0.6) is 5.75 Å². The number of carbonyl (C=O) groups is 1. The fourth-order valence-corrected chi connectivity index (χ4v) is 2.39. The van der Waals surface area contributed by atoms with Crippen molar-refractivity contribution in [1.29, 1.82) is 0 Å². The predicted molar refractivity (Wildman–Crippen MR) is 71.3 cm³/mol. The average molecular weight is 256 g/mol. The molecule has 0 fully saturated rings. The lowest BCUT2D eigenvalue weighted by Crippen LogP contribution is -2.10. The van der Waals surface area contributed by atoms with Crippen molar-refractivity contribution in [3.05, 3.63) is 47.3 Å². The Morgan fingerprint density at radius 3 is 3.00 bits per heavy atom. The van der Waals surface area contributed by atoms with Crippen LogP contribution < -0.4 is 4.74 Å². The van der Waals surface area contributed by atoms with E-state index < -0.39 is 0 Å². The van der Waals surface area contributed by atoms with E-state index in [1.807, 2.05) is 37.5 Å². The highest BCUT2D eigenvalue weighted by Gasteiger charge is 2.17. The largest absolute Gasteiger partial charge is 0.487 e. The van der Waals surface area contributed by atoms with Crippen LogP contribution in [-0.4, -0.2) is 15.6 Å². The van der Waals surface area contributed by atoms with Gasteiger partial charge in [-0.15, -0.1) is 0 Å². The fraction of sp³-hybridized carbons (Fsp3) is 0.333. The molecule has 0 aliphatic heterocycles. The van der Waals surface area contributed by atoms with Crippen molar-refractivity contribution < 1.29 is 9.53 Å². The van der Waals surface area contributed by atoms with Crippen LogP contribution in [0.4, 0.5) is 0 Å². The maximum Gasteiger partial charge on any atom is 0.163 e. The zero-order valence-electron chi connectivity index (χ0n) is 10.9. The molecule has 4 heteroatoms. The molecule has 1 aromatic heterocycles. The first-order valence-corrected chi connectivity index (χ1v) is 6.50. The number of ether oxygens (including phenoxy) is 1. The first kappa shape index (κ1) is 12.0. The summed E-state index contributed by atoms with van der Waals surface area (Å²) in [5.41, 5.74) is 2.85. The van der Waals surface area contributed by atoms with E-state index in [-0.39, 0.29) is 5.78 Å². The Morgan fingerprint density at radius 2 is 2.21 bits per heavy atom. The molecule has 1 aliphatic rings. The van der Waals surface area contributed by atoms with Crippen LogP contribution in [0, 0.1) is 0 Å². The van der Waals surface area contributed by atoms with Gasteiger partial charge in [-0.3, -0.25) is 9.48 Å². The van der Waals surface area contributed by atoms with E-state index in [2.05, 4.69) is 5.10 Å². The molecule has 0 radical (unpaired) electrons. The van der Waals surface area contributed by atoms with Crippen molar-refractivity contribution in [3.63, 3.8) is 0 Å². The highest BCUT2D eigenvalue weighted by molar-refractivity contribution is 5.98. The van der Waals surface area contributed by atoms with Gasteiger partial charge in [-0.1, -0.05) is 6.07 Å². The number of hydrogen-bond donors (Lipinski definition) is 0. The summed E-state index contributed by atoms with van der Waals surface area (Å²) >= 11 is 0. The molecule has 0 amide bonds. The van der Waals surface area contributed by atoms with Crippen LogP contribution >= 0.6 is 0 Å². The highest BCUT2D eigenvalue weighted by atomic mass is 16.5. The smallest absolute Gasteiger partial charge is 0.163 e. The van der Waals surface area contributed by atoms with Gasteiger partial charge in [0.15, 0.2) is 5.78 Å². The van der Waals surface area contributed by atoms with Crippen molar-refractivity contribution in [3.8, 4) is 5.75 Å². The van der Waals surface area contributed by atoms with E-state index in [0.29, 0.717) is 13.0 Å². The first-order valence-electron chi connectivity index (χ1n) is 6.50. The van der Waals surface area contributed by atoms with E-state index >= 15 is 0 Å². The van der Waals surface area contributed by atoms with Crippen LogP contribution in [0.3, 0.4) is 0 Å². The molecule has 0 unspecified atom stereocenters. The maximum absolute atomic E-state index is 11.8. The topological polar surface area (TPSA) is 44.1 Å². The maximum atomic E-state index is 11.8. The third kappa shape index (κ3) is 2.52. The van der Waals surface area contributed by atoms with E-state index in [9.17, 15) is 4.79 Å². The van der Waals surface area contributed by atoms with Gasteiger partial charge in [0.2, 0.25) is 0 Å². The molecule has 0 spiro atoms.